The number of hydrogen-bond donors (Lipinski definition) is 2. The summed E-state index contributed by atoms with van der Waals surface area (Å²) in [6, 6.07) is 12.9. The van der Waals surface area contributed by atoms with Gasteiger partial charge < -0.3 is 5.11 Å². The molecule has 3 rings (SSSR count). The van der Waals surface area contributed by atoms with Gasteiger partial charge in [-0.05, 0) is 23.3 Å². The zero-order chi connectivity index (χ0) is 19.8. The first-order valence-corrected chi connectivity index (χ1v) is 9.28. The highest BCUT2D eigenvalue weighted by molar-refractivity contribution is 7.14. The summed E-state index contributed by atoms with van der Waals surface area (Å²) in [6.07, 6.45) is 2.08. The Kier molecular flexibility index (Phi) is 6.66. The van der Waals surface area contributed by atoms with Gasteiger partial charge in [0, 0.05) is 17.8 Å². The summed E-state index contributed by atoms with van der Waals surface area (Å²) in [5.74, 6) is -0.358. The summed E-state index contributed by atoms with van der Waals surface area (Å²) in [6.45, 7) is 0.408. The predicted molar refractivity (Wildman–Crippen MR) is 104 cm³/mol. The van der Waals surface area contributed by atoms with Crippen LogP contribution in [0.15, 0.2) is 60.2 Å². The molecular formula is C19H18N4O4S. The largest absolute Gasteiger partial charge is 0.465 e. The molecule has 2 amide bonds. The number of carbonyl (C=O) groups is 2. The minimum absolute atomic E-state index is 0.00595. The van der Waals surface area contributed by atoms with E-state index in [9.17, 15) is 14.7 Å². The number of amides is 2. The third-order valence-corrected chi connectivity index (χ3v) is 4.61. The molecule has 3 aromatic rings. The molecule has 0 spiro atoms. The summed E-state index contributed by atoms with van der Waals surface area (Å²) in [4.78, 5) is 38.1. The molecule has 0 aliphatic carbocycles. The van der Waals surface area contributed by atoms with Crippen molar-refractivity contribution >= 4 is 28.5 Å². The molecule has 2 aromatic heterocycles. The normalized spacial score (nSPS) is 10.4. The van der Waals surface area contributed by atoms with Gasteiger partial charge in [-0.15, -0.1) is 11.3 Å². The molecule has 0 atom stereocenters. The van der Waals surface area contributed by atoms with E-state index in [1.165, 1.54) is 11.3 Å². The van der Waals surface area contributed by atoms with Gasteiger partial charge in [0.15, 0.2) is 5.13 Å². The minimum Gasteiger partial charge on any atom is -0.465 e. The molecule has 0 aliphatic heterocycles. The van der Waals surface area contributed by atoms with E-state index in [1.54, 1.807) is 29.9 Å². The maximum Gasteiger partial charge on any atom is 0.413 e. The standard InChI is InChI=1S/C19H18N4O4S/c24-17(22-27-12-15-4-2-1-3-5-15)10-16-13-28-18(21-16)23(19(25)26)11-14-6-8-20-9-7-14/h1-9,13H,10-12H2,(H,22,24)(H,25,26). The van der Waals surface area contributed by atoms with Crippen LogP contribution in [0.25, 0.3) is 0 Å². The van der Waals surface area contributed by atoms with E-state index in [4.69, 9.17) is 4.84 Å². The van der Waals surface area contributed by atoms with Gasteiger partial charge in [0.05, 0.1) is 25.3 Å². The van der Waals surface area contributed by atoms with Gasteiger partial charge in [0.25, 0.3) is 0 Å². The molecule has 0 radical (unpaired) electrons. The Balaban J connectivity index is 1.54. The van der Waals surface area contributed by atoms with Crippen LogP contribution in [0.1, 0.15) is 16.8 Å². The van der Waals surface area contributed by atoms with E-state index in [0.29, 0.717) is 10.8 Å². The fourth-order valence-electron chi connectivity index (χ4n) is 2.36. The molecule has 0 saturated carbocycles. The predicted octanol–water partition coefficient (Wildman–Crippen LogP) is 3.01. The topological polar surface area (TPSA) is 105 Å². The maximum absolute atomic E-state index is 12.0. The van der Waals surface area contributed by atoms with Crippen LogP contribution in [0.2, 0.25) is 0 Å². The van der Waals surface area contributed by atoms with Crippen LogP contribution < -0.4 is 10.4 Å². The first-order chi connectivity index (χ1) is 13.6. The molecule has 0 bridgehead atoms. The first kappa shape index (κ1) is 19.5. The summed E-state index contributed by atoms with van der Waals surface area (Å²) >= 11 is 1.17. The Hall–Kier alpha value is -3.30. The summed E-state index contributed by atoms with van der Waals surface area (Å²) in [7, 11) is 0. The van der Waals surface area contributed by atoms with Crippen molar-refractivity contribution in [3.05, 3.63) is 77.1 Å². The van der Waals surface area contributed by atoms with Crippen LogP contribution in [0.3, 0.4) is 0 Å². The zero-order valence-electron chi connectivity index (χ0n) is 14.8. The van der Waals surface area contributed by atoms with Crippen molar-refractivity contribution in [3.63, 3.8) is 0 Å². The molecule has 0 fully saturated rings. The molecule has 1 aromatic carbocycles. The average molecular weight is 398 g/mol. The Bertz CT molecular complexity index is 918. The fraction of sp³-hybridized carbons (Fsp3) is 0.158. The average Bonchev–Trinajstić information content (AvgIpc) is 3.15. The second-order valence-electron chi connectivity index (χ2n) is 5.82. The van der Waals surface area contributed by atoms with E-state index in [2.05, 4.69) is 15.4 Å². The fourth-order valence-corrected chi connectivity index (χ4v) is 3.18. The number of benzene rings is 1. The zero-order valence-corrected chi connectivity index (χ0v) is 15.6. The molecule has 144 valence electrons. The Morgan fingerprint density at radius 1 is 1.11 bits per heavy atom. The van der Waals surface area contributed by atoms with Gasteiger partial charge in [-0.1, -0.05) is 30.3 Å². The highest BCUT2D eigenvalue weighted by atomic mass is 32.1. The number of carbonyl (C=O) groups excluding carboxylic acids is 1. The van der Waals surface area contributed by atoms with Crippen LogP contribution in [0, 0.1) is 0 Å². The number of hydrogen-bond acceptors (Lipinski definition) is 6. The van der Waals surface area contributed by atoms with Gasteiger partial charge in [0.1, 0.15) is 0 Å². The van der Waals surface area contributed by atoms with Crippen molar-refractivity contribution in [2.24, 2.45) is 0 Å². The number of rotatable bonds is 8. The number of nitrogens with zero attached hydrogens (tertiary/aromatic N) is 3. The number of aromatic nitrogens is 2. The third-order valence-electron chi connectivity index (χ3n) is 3.70. The summed E-state index contributed by atoms with van der Waals surface area (Å²) in [5, 5.41) is 11.4. The Labute approximate surface area is 165 Å². The lowest BCUT2D eigenvalue weighted by atomic mass is 10.2. The van der Waals surface area contributed by atoms with Crippen LogP contribution in [0.4, 0.5) is 9.93 Å². The van der Waals surface area contributed by atoms with Crippen molar-refractivity contribution in [1.29, 1.82) is 0 Å². The Morgan fingerprint density at radius 3 is 2.57 bits per heavy atom. The van der Waals surface area contributed by atoms with E-state index in [0.717, 1.165) is 16.0 Å². The highest BCUT2D eigenvalue weighted by Gasteiger charge is 2.19. The van der Waals surface area contributed by atoms with E-state index < -0.39 is 6.09 Å². The third kappa shape index (κ3) is 5.60. The van der Waals surface area contributed by atoms with Gasteiger partial charge >= 0.3 is 6.09 Å². The molecular weight excluding hydrogens is 380 g/mol. The van der Waals surface area contributed by atoms with Crippen LogP contribution in [-0.2, 0) is 29.2 Å². The lowest BCUT2D eigenvalue weighted by Gasteiger charge is -2.15. The molecule has 9 heteroatoms. The van der Waals surface area contributed by atoms with Gasteiger partial charge in [-0.3, -0.25) is 14.6 Å². The molecule has 28 heavy (non-hydrogen) atoms. The van der Waals surface area contributed by atoms with Gasteiger partial charge in [-0.25, -0.2) is 20.2 Å². The first-order valence-electron chi connectivity index (χ1n) is 8.40. The quantitative estimate of drug-likeness (QED) is 0.565. The monoisotopic (exact) mass is 398 g/mol. The number of nitrogens with one attached hydrogen (secondary N) is 1. The second-order valence-corrected chi connectivity index (χ2v) is 6.66. The highest BCUT2D eigenvalue weighted by Crippen LogP contribution is 2.23. The van der Waals surface area contributed by atoms with Crippen molar-refractivity contribution < 1.29 is 19.5 Å². The van der Waals surface area contributed by atoms with E-state index in [1.807, 2.05) is 30.3 Å². The number of pyridine rings is 1. The van der Waals surface area contributed by atoms with Crippen molar-refractivity contribution in [2.45, 2.75) is 19.6 Å². The van der Waals surface area contributed by atoms with Gasteiger partial charge in [0.2, 0.25) is 5.91 Å². The number of thiazole rings is 1. The molecule has 2 N–H and O–H groups in total. The van der Waals surface area contributed by atoms with Gasteiger partial charge in [-0.2, -0.15) is 0 Å². The SMILES string of the molecule is O=C(Cc1csc(N(Cc2ccncc2)C(=O)O)n1)NOCc1ccccc1. The summed E-state index contributed by atoms with van der Waals surface area (Å²) < 4.78 is 0. The number of anilines is 1. The second kappa shape index (κ2) is 9.58. The number of carboxylic acid groups (broad SMARTS) is 1. The van der Waals surface area contributed by atoms with Crippen molar-refractivity contribution in [1.82, 2.24) is 15.4 Å². The lowest BCUT2D eigenvalue weighted by Crippen LogP contribution is -2.28. The van der Waals surface area contributed by atoms with Crippen LogP contribution >= 0.6 is 11.3 Å². The summed E-state index contributed by atoms with van der Waals surface area (Å²) in [5.41, 5.74) is 4.57. The molecule has 0 unspecified atom stereocenters. The van der Waals surface area contributed by atoms with Crippen molar-refractivity contribution in [2.75, 3.05) is 4.90 Å². The smallest absolute Gasteiger partial charge is 0.413 e. The molecule has 0 aliphatic rings. The lowest BCUT2D eigenvalue weighted by molar-refractivity contribution is -0.133. The minimum atomic E-state index is -1.12. The van der Waals surface area contributed by atoms with Crippen LogP contribution in [0.5, 0.6) is 0 Å². The van der Waals surface area contributed by atoms with Crippen molar-refractivity contribution in [3.8, 4) is 0 Å². The number of hydroxylamine groups is 1. The molecule has 8 nitrogen and oxygen atoms in total. The van der Waals surface area contributed by atoms with E-state index in [-0.39, 0.29) is 25.5 Å². The Morgan fingerprint density at radius 2 is 1.86 bits per heavy atom. The van der Waals surface area contributed by atoms with Crippen LogP contribution in [-0.4, -0.2) is 27.1 Å². The molecule has 2 heterocycles. The molecule has 0 saturated heterocycles. The van der Waals surface area contributed by atoms with E-state index >= 15 is 0 Å². The maximum atomic E-state index is 12.0.